The number of rotatable bonds is 2. The van der Waals surface area contributed by atoms with Gasteiger partial charge in [0.05, 0.1) is 12.7 Å². The number of hydrogen-bond donors (Lipinski definition) is 3. The highest BCUT2D eigenvalue weighted by Crippen LogP contribution is 2.26. The lowest BCUT2D eigenvalue weighted by atomic mass is 10.2. The molecule has 0 unspecified atom stereocenters. The molecule has 0 aromatic carbocycles. The van der Waals surface area contributed by atoms with Gasteiger partial charge >= 0.3 is 5.69 Å². The lowest BCUT2D eigenvalue weighted by Crippen LogP contribution is -2.39. The SMILES string of the molecule is CC#Cc1c[nH]c(=O)n([C@H]2C[C@@H](O)[C@@H](CO)O2)c1=O. The molecule has 7 heteroatoms. The second-order valence-electron chi connectivity index (χ2n) is 4.17. The molecule has 3 atom stereocenters. The Morgan fingerprint density at radius 2 is 2.32 bits per heavy atom. The highest BCUT2D eigenvalue weighted by Gasteiger charge is 2.36. The summed E-state index contributed by atoms with van der Waals surface area (Å²) in [7, 11) is 0. The number of aliphatic hydroxyl groups is 2. The Balaban J connectivity index is 2.45. The van der Waals surface area contributed by atoms with Gasteiger partial charge in [-0.25, -0.2) is 9.36 Å². The number of aliphatic hydroxyl groups excluding tert-OH is 2. The first-order valence-electron chi connectivity index (χ1n) is 5.79. The van der Waals surface area contributed by atoms with Crippen molar-refractivity contribution in [3.63, 3.8) is 0 Å². The van der Waals surface area contributed by atoms with Crippen molar-refractivity contribution in [3.05, 3.63) is 32.6 Å². The molecule has 0 spiro atoms. The van der Waals surface area contributed by atoms with E-state index < -0.39 is 29.7 Å². The van der Waals surface area contributed by atoms with Crippen molar-refractivity contribution >= 4 is 0 Å². The monoisotopic (exact) mass is 266 g/mol. The van der Waals surface area contributed by atoms with Gasteiger partial charge in [0.15, 0.2) is 0 Å². The largest absolute Gasteiger partial charge is 0.394 e. The number of ether oxygens (including phenoxy) is 1. The molecular formula is C12H14N2O5. The molecule has 0 amide bonds. The minimum atomic E-state index is -0.915. The fourth-order valence-corrected chi connectivity index (χ4v) is 2.01. The van der Waals surface area contributed by atoms with Gasteiger partial charge in [-0.05, 0) is 6.92 Å². The maximum atomic E-state index is 12.1. The molecule has 0 bridgehead atoms. The lowest BCUT2D eigenvalue weighted by molar-refractivity contribution is -0.0469. The zero-order chi connectivity index (χ0) is 14.0. The van der Waals surface area contributed by atoms with Crippen LogP contribution < -0.4 is 11.2 Å². The molecule has 0 saturated carbocycles. The zero-order valence-corrected chi connectivity index (χ0v) is 10.3. The summed E-state index contributed by atoms with van der Waals surface area (Å²) in [5, 5.41) is 18.6. The Kier molecular flexibility index (Phi) is 3.85. The van der Waals surface area contributed by atoms with E-state index in [1.54, 1.807) is 6.92 Å². The summed E-state index contributed by atoms with van der Waals surface area (Å²) in [5.74, 6) is 5.16. The summed E-state index contributed by atoms with van der Waals surface area (Å²) < 4.78 is 6.17. The van der Waals surface area contributed by atoms with Gasteiger partial charge in [0.2, 0.25) is 0 Å². The Morgan fingerprint density at radius 3 is 2.89 bits per heavy atom. The Hall–Kier alpha value is -1.88. The van der Waals surface area contributed by atoms with E-state index in [2.05, 4.69) is 16.8 Å². The molecule has 2 rings (SSSR count). The van der Waals surface area contributed by atoms with Crippen LogP contribution in [-0.2, 0) is 4.74 Å². The number of H-pyrrole nitrogens is 1. The van der Waals surface area contributed by atoms with E-state index in [1.165, 1.54) is 6.20 Å². The Bertz CT molecular complexity index is 636. The summed E-state index contributed by atoms with van der Waals surface area (Å²) in [6.07, 6.45) is -1.30. The van der Waals surface area contributed by atoms with Crippen LogP contribution in [0.2, 0.25) is 0 Å². The average Bonchev–Trinajstić information content (AvgIpc) is 2.74. The van der Waals surface area contributed by atoms with Crippen molar-refractivity contribution in [2.45, 2.75) is 31.8 Å². The molecule has 0 radical (unpaired) electrons. The summed E-state index contributed by atoms with van der Waals surface area (Å²) in [5.41, 5.74) is -1.07. The van der Waals surface area contributed by atoms with E-state index in [9.17, 15) is 14.7 Å². The van der Waals surface area contributed by atoms with Gasteiger partial charge in [-0.2, -0.15) is 0 Å². The third-order valence-electron chi connectivity index (χ3n) is 2.94. The average molecular weight is 266 g/mol. The maximum absolute atomic E-state index is 12.1. The fourth-order valence-electron chi connectivity index (χ4n) is 2.01. The van der Waals surface area contributed by atoms with Crippen LogP contribution in [0.3, 0.4) is 0 Å². The normalized spacial score (nSPS) is 25.9. The predicted octanol–water partition coefficient (Wildman–Crippen LogP) is -1.45. The molecular weight excluding hydrogens is 252 g/mol. The predicted molar refractivity (Wildman–Crippen MR) is 65.5 cm³/mol. The summed E-state index contributed by atoms with van der Waals surface area (Å²) in [6, 6.07) is 0. The highest BCUT2D eigenvalue weighted by molar-refractivity contribution is 5.28. The van der Waals surface area contributed by atoms with Crippen molar-refractivity contribution in [2.75, 3.05) is 6.61 Å². The molecule has 1 fully saturated rings. The molecule has 1 saturated heterocycles. The summed E-state index contributed by atoms with van der Waals surface area (Å²) in [6.45, 7) is 1.20. The topological polar surface area (TPSA) is 105 Å². The van der Waals surface area contributed by atoms with E-state index in [0.717, 1.165) is 4.57 Å². The lowest BCUT2D eigenvalue weighted by Gasteiger charge is -2.13. The van der Waals surface area contributed by atoms with Crippen LogP contribution in [0.15, 0.2) is 15.8 Å². The molecule has 1 aliphatic heterocycles. The van der Waals surface area contributed by atoms with E-state index in [0.29, 0.717) is 0 Å². The molecule has 1 aromatic heterocycles. The van der Waals surface area contributed by atoms with Gasteiger partial charge in [-0.15, -0.1) is 5.92 Å². The second-order valence-corrected chi connectivity index (χ2v) is 4.17. The van der Waals surface area contributed by atoms with Gasteiger partial charge in [0.1, 0.15) is 17.9 Å². The van der Waals surface area contributed by atoms with Crippen LogP contribution in [0, 0.1) is 11.8 Å². The first-order valence-corrected chi connectivity index (χ1v) is 5.79. The molecule has 0 aliphatic carbocycles. The molecule has 2 heterocycles. The van der Waals surface area contributed by atoms with Crippen molar-refractivity contribution in [1.82, 2.24) is 9.55 Å². The van der Waals surface area contributed by atoms with Crippen LogP contribution in [0.5, 0.6) is 0 Å². The van der Waals surface area contributed by atoms with Crippen molar-refractivity contribution < 1.29 is 14.9 Å². The molecule has 19 heavy (non-hydrogen) atoms. The van der Waals surface area contributed by atoms with Crippen molar-refractivity contribution in [3.8, 4) is 11.8 Å². The Morgan fingerprint density at radius 1 is 1.58 bits per heavy atom. The van der Waals surface area contributed by atoms with Crippen LogP contribution in [0.4, 0.5) is 0 Å². The summed E-state index contributed by atoms with van der Waals surface area (Å²) >= 11 is 0. The van der Waals surface area contributed by atoms with Crippen molar-refractivity contribution in [1.29, 1.82) is 0 Å². The van der Waals surface area contributed by atoms with E-state index >= 15 is 0 Å². The number of nitrogens with one attached hydrogen (secondary N) is 1. The first kappa shape index (κ1) is 13.5. The van der Waals surface area contributed by atoms with Gasteiger partial charge in [0.25, 0.3) is 5.56 Å². The van der Waals surface area contributed by atoms with E-state index in [4.69, 9.17) is 9.84 Å². The van der Waals surface area contributed by atoms with Crippen molar-refractivity contribution in [2.24, 2.45) is 0 Å². The highest BCUT2D eigenvalue weighted by atomic mass is 16.5. The molecule has 3 N–H and O–H groups in total. The molecule has 1 aromatic rings. The molecule has 7 nitrogen and oxygen atoms in total. The second kappa shape index (κ2) is 5.40. The van der Waals surface area contributed by atoms with Gasteiger partial charge < -0.3 is 19.9 Å². The van der Waals surface area contributed by atoms with Gasteiger partial charge in [-0.3, -0.25) is 4.79 Å². The Labute approximate surface area is 108 Å². The minimum absolute atomic E-state index is 0.0667. The number of nitrogens with zero attached hydrogens (tertiary/aromatic N) is 1. The quantitative estimate of drug-likeness (QED) is 0.568. The third-order valence-corrected chi connectivity index (χ3v) is 2.94. The molecule has 102 valence electrons. The first-order chi connectivity index (χ1) is 9.08. The van der Waals surface area contributed by atoms with E-state index in [-0.39, 0.29) is 18.6 Å². The maximum Gasteiger partial charge on any atom is 0.330 e. The number of hydrogen-bond acceptors (Lipinski definition) is 5. The van der Waals surface area contributed by atoms with Crippen LogP contribution in [0.1, 0.15) is 25.1 Å². The third kappa shape index (κ3) is 2.46. The zero-order valence-electron chi connectivity index (χ0n) is 10.3. The van der Waals surface area contributed by atoms with Crippen LogP contribution >= 0.6 is 0 Å². The minimum Gasteiger partial charge on any atom is -0.394 e. The number of aromatic nitrogens is 2. The van der Waals surface area contributed by atoms with Gasteiger partial charge in [0, 0.05) is 12.6 Å². The summed E-state index contributed by atoms with van der Waals surface area (Å²) in [4.78, 5) is 26.2. The van der Waals surface area contributed by atoms with E-state index in [1.807, 2.05) is 0 Å². The van der Waals surface area contributed by atoms with Crippen LogP contribution in [0.25, 0.3) is 0 Å². The smallest absolute Gasteiger partial charge is 0.330 e. The fraction of sp³-hybridized carbons (Fsp3) is 0.500. The molecule has 1 aliphatic rings. The number of aromatic amines is 1. The van der Waals surface area contributed by atoms with Crippen LogP contribution in [-0.4, -0.2) is 38.6 Å². The standard InChI is InChI=1S/C12H14N2O5/c1-2-3-7-5-13-12(18)14(11(7)17)10-4-8(16)9(6-15)19-10/h5,8-10,15-16H,4,6H2,1H3,(H,13,18)/t8-,9-,10-/m1/s1. The van der Waals surface area contributed by atoms with Gasteiger partial charge in [-0.1, -0.05) is 5.92 Å².